The van der Waals surface area contributed by atoms with E-state index in [9.17, 15) is 0 Å². The van der Waals surface area contributed by atoms with E-state index in [-0.39, 0.29) is 0 Å². The van der Waals surface area contributed by atoms with E-state index in [1.165, 1.54) is 43.8 Å². The summed E-state index contributed by atoms with van der Waals surface area (Å²) in [5.74, 6) is 0. The number of hydrogen-bond acceptors (Lipinski definition) is 0. The summed E-state index contributed by atoms with van der Waals surface area (Å²) >= 11 is 0. The molecule has 0 nitrogen and oxygen atoms in total. The maximum atomic E-state index is 2.34. The Hall–Kier alpha value is -2.60. The molecule has 0 aromatic heterocycles. The minimum atomic E-state index is 1.08. The van der Waals surface area contributed by atoms with Crippen molar-refractivity contribution < 1.29 is 0 Å². The van der Waals surface area contributed by atoms with E-state index in [1.807, 2.05) is 0 Å². The van der Waals surface area contributed by atoms with Gasteiger partial charge in [-0.15, -0.1) is 0 Å². The van der Waals surface area contributed by atoms with E-state index in [1.54, 1.807) is 0 Å². The van der Waals surface area contributed by atoms with E-state index >= 15 is 0 Å². The topological polar surface area (TPSA) is 0 Å². The van der Waals surface area contributed by atoms with Crippen molar-refractivity contribution in [2.45, 2.75) is 26.7 Å². The molecule has 0 heterocycles. The zero-order valence-corrected chi connectivity index (χ0v) is 14.3. The van der Waals surface area contributed by atoms with Crippen LogP contribution in [0.5, 0.6) is 0 Å². The van der Waals surface area contributed by atoms with Gasteiger partial charge < -0.3 is 0 Å². The molecule has 0 saturated carbocycles. The lowest BCUT2D eigenvalue weighted by molar-refractivity contribution is 0.964. The third-order valence-electron chi connectivity index (χ3n) is 4.82. The van der Waals surface area contributed by atoms with Crippen LogP contribution in [0.4, 0.5) is 0 Å². The summed E-state index contributed by atoms with van der Waals surface area (Å²) in [5, 5.41) is 5.35. The molecule has 0 saturated heterocycles. The van der Waals surface area contributed by atoms with Crippen molar-refractivity contribution >= 4 is 21.5 Å². The first-order valence-electron chi connectivity index (χ1n) is 8.66. The lowest BCUT2D eigenvalue weighted by atomic mass is 9.98. The van der Waals surface area contributed by atoms with Gasteiger partial charge in [-0.05, 0) is 59.4 Å². The van der Waals surface area contributed by atoms with Crippen LogP contribution < -0.4 is 0 Å². The predicted molar refractivity (Wildman–Crippen MR) is 105 cm³/mol. The summed E-state index contributed by atoms with van der Waals surface area (Å²) in [4.78, 5) is 0. The van der Waals surface area contributed by atoms with Crippen molar-refractivity contribution in [3.8, 4) is 0 Å². The standard InChI is InChI=1S/C24H22/c1-17-3-9-21-11-7-19(15-23(21)13-17)5-6-20-8-12-22-10-4-18(2)14-24(22)16-20/h3-4,7-16H,5-6H2,1-2H3. The summed E-state index contributed by atoms with van der Waals surface area (Å²) in [6.07, 6.45) is 2.17. The fourth-order valence-electron chi connectivity index (χ4n) is 3.43. The summed E-state index contributed by atoms with van der Waals surface area (Å²) in [7, 11) is 0. The third-order valence-corrected chi connectivity index (χ3v) is 4.82. The molecule has 0 bridgehead atoms. The molecule has 0 amide bonds. The number of rotatable bonds is 3. The molecule has 0 N–H and O–H groups in total. The Kier molecular flexibility index (Phi) is 3.82. The molecule has 4 rings (SSSR count). The second kappa shape index (κ2) is 6.13. The minimum absolute atomic E-state index is 1.08. The Bertz CT molecular complexity index is 939. The van der Waals surface area contributed by atoms with Gasteiger partial charge in [0.2, 0.25) is 0 Å². The number of aryl methyl sites for hydroxylation is 4. The fourth-order valence-corrected chi connectivity index (χ4v) is 3.43. The van der Waals surface area contributed by atoms with Crippen LogP contribution in [0, 0.1) is 13.8 Å². The molecular weight excluding hydrogens is 288 g/mol. The Morgan fingerprint density at radius 2 is 0.875 bits per heavy atom. The minimum Gasteiger partial charge on any atom is -0.0587 e. The molecule has 0 atom stereocenters. The van der Waals surface area contributed by atoms with Crippen molar-refractivity contribution in [2.75, 3.05) is 0 Å². The van der Waals surface area contributed by atoms with Gasteiger partial charge >= 0.3 is 0 Å². The van der Waals surface area contributed by atoms with Gasteiger partial charge in [0, 0.05) is 0 Å². The van der Waals surface area contributed by atoms with Crippen molar-refractivity contribution in [3.63, 3.8) is 0 Å². The van der Waals surface area contributed by atoms with Crippen LogP contribution in [0.3, 0.4) is 0 Å². The molecule has 4 aromatic rings. The van der Waals surface area contributed by atoms with E-state index in [0.29, 0.717) is 0 Å². The smallest absolute Gasteiger partial charge is 0.0179 e. The van der Waals surface area contributed by atoms with Crippen molar-refractivity contribution in [3.05, 3.63) is 95.1 Å². The SMILES string of the molecule is Cc1ccc2ccc(CCc3ccc4ccc(C)cc4c3)cc2c1. The van der Waals surface area contributed by atoms with Crippen LogP contribution in [0.1, 0.15) is 22.3 Å². The lowest BCUT2D eigenvalue weighted by Crippen LogP contribution is -1.92. The average molecular weight is 310 g/mol. The normalized spacial score (nSPS) is 11.2. The van der Waals surface area contributed by atoms with Gasteiger partial charge in [-0.25, -0.2) is 0 Å². The van der Waals surface area contributed by atoms with Crippen LogP contribution in [-0.4, -0.2) is 0 Å². The quantitative estimate of drug-likeness (QED) is 0.411. The zero-order chi connectivity index (χ0) is 16.5. The maximum Gasteiger partial charge on any atom is -0.0179 e. The molecule has 0 heteroatoms. The number of benzene rings is 4. The van der Waals surface area contributed by atoms with E-state index in [0.717, 1.165) is 12.8 Å². The van der Waals surface area contributed by atoms with Gasteiger partial charge in [-0.2, -0.15) is 0 Å². The largest absolute Gasteiger partial charge is 0.0587 e. The highest BCUT2D eigenvalue weighted by molar-refractivity contribution is 5.84. The van der Waals surface area contributed by atoms with Gasteiger partial charge in [-0.3, -0.25) is 0 Å². The molecule has 4 aromatic carbocycles. The summed E-state index contributed by atoms with van der Waals surface area (Å²) in [6.45, 7) is 4.31. The van der Waals surface area contributed by atoms with Crippen molar-refractivity contribution in [1.82, 2.24) is 0 Å². The van der Waals surface area contributed by atoms with Crippen LogP contribution in [-0.2, 0) is 12.8 Å². The lowest BCUT2D eigenvalue weighted by Gasteiger charge is -2.07. The Labute approximate surface area is 143 Å². The van der Waals surface area contributed by atoms with E-state index < -0.39 is 0 Å². The molecule has 0 spiro atoms. The predicted octanol–water partition coefficient (Wildman–Crippen LogP) is 6.40. The van der Waals surface area contributed by atoms with Crippen LogP contribution in [0.25, 0.3) is 21.5 Å². The first-order valence-corrected chi connectivity index (χ1v) is 8.66. The highest BCUT2D eigenvalue weighted by atomic mass is 14.1. The highest BCUT2D eigenvalue weighted by Gasteiger charge is 2.01. The van der Waals surface area contributed by atoms with Crippen LogP contribution in [0.15, 0.2) is 72.8 Å². The second-order valence-corrected chi connectivity index (χ2v) is 6.87. The summed E-state index contributed by atoms with van der Waals surface area (Å²) in [6, 6.07) is 27.0. The van der Waals surface area contributed by atoms with E-state index in [4.69, 9.17) is 0 Å². The Morgan fingerprint density at radius 3 is 1.33 bits per heavy atom. The molecule has 0 fully saturated rings. The first-order chi connectivity index (χ1) is 11.7. The maximum absolute atomic E-state index is 2.34. The summed E-state index contributed by atoms with van der Waals surface area (Å²) < 4.78 is 0. The molecule has 0 unspecified atom stereocenters. The number of fused-ring (bicyclic) bond motifs is 2. The zero-order valence-electron chi connectivity index (χ0n) is 14.3. The average Bonchev–Trinajstić information content (AvgIpc) is 2.59. The number of hydrogen-bond donors (Lipinski definition) is 0. The van der Waals surface area contributed by atoms with E-state index in [2.05, 4.69) is 86.6 Å². The van der Waals surface area contributed by atoms with Gasteiger partial charge in [0.15, 0.2) is 0 Å². The third kappa shape index (κ3) is 3.05. The van der Waals surface area contributed by atoms with Gasteiger partial charge in [-0.1, -0.05) is 83.9 Å². The molecular formula is C24H22. The fraction of sp³-hybridized carbons (Fsp3) is 0.167. The van der Waals surface area contributed by atoms with Crippen molar-refractivity contribution in [2.24, 2.45) is 0 Å². The molecule has 0 aliphatic carbocycles. The summed E-state index contributed by atoms with van der Waals surface area (Å²) in [5.41, 5.74) is 5.48. The van der Waals surface area contributed by atoms with Crippen molar-refractivity contribution in [1.29, 1.82) is 0 Å². The van der Waals surface area contributed by atoms with Gasteiger partial charge in [0.1, 0.15) is 0 Å². The highest BCUT2D eigenvalue weighted by Crippen LogP contribution is 2.21. The molecule has 24 heavy (non-hydrogen) atoms. The van der Waals surface area contributed by atoms with Gasteiger partial charge in [0.25, 0.3) is 0 Å². The molecule has 0 aliphatic heterocycles. The second-order valence-electron chi connectivity index (χ2n) is 6.87. The Morgan fingerprint density at radius 1 is 0.458 bits per heavy atom. The van der Waals surface area contributed by atoms with Crippen LogP contribution >= 0.6 is 0 Å². The van der Waals surface area contributed by atoms with Crippen LogP contribution in [0.2, 0.25) is 0 Å². The monoisotopic (exact) mass is 310 g/mol. The first kappa shape index (κ1) is 15.0. The Balaban J connectivity index is 1.58. The molecule has 118 valence electrons. The molecule has 0 radical (unpaired) electrons. The molecule has 0 aliphatic rings. The van der Waals surface area contributed by atoms with Gasteiger partial charge in [0.05, 0.1) is 0 Å².